The molecule has 0 unspecified atom stereocenters. The number of hydrogen-bond acceptors (Lipinski definition) is 2. The monoisotopic (exact) mass is 208 g/mol. The SMILES string of the molecule is CC(C)c1nc2sccn2c1C(C)C. The van der Waals surface area contributed by atoms with Crippen LogP contribution in [0.2, 0.25) is 0 Å². The van der Waals surface area contributed by atoms with E-state index in [1.54, 1.807) is 11.3 Å². The molecule has 0 aromatic carbocycles. The van der Waals surface area contributed by atoms with Crippen molar-refractivity contribution in [2.45, 2.75) is 39.5 Å². The molecule has 3 heteroatoms. The van der Waals surface area contributed by atoms with E-state index in [-0.39, 0.29) is 0 Å². The maximum absolute atomic E-state index is 4.67. The molecule has 0 amide bonds. The smallest absolute Gasteiger partial charge is 0.194 e. The van der Waals surface area contributed by atoms with Gasteiger partial charge in [-0.2, -0.15) is 0 Å². The lowest BCUT2D eigenvalue weighted by molar-refractivity contribution is 0.746. The minimum Gasteiger partial charge on any atom is -0.294 e. The Bertz CT molecular complexity index is 437. The molecule has 0 radical (unpaired) electrons. The van der Waals surface area contributed by atoms with Gasteiger partial charge in [-0.25, -0.2) is 4.98 Å². The summed E-state index contributed by atoms with van der Waals surface area (Å²) in [5, 5.41) is 2.10. The summed E-state index contributed by atoms with van der Waals surface area (Å²) in [4.78, 5) is 5.80. The summed E-state index contributed by atoms with van der Waals surface area (Å²) in [6, 6.07) is 0. The van der Waals surface area contributed by atoms with Crippen molar-refractivity contribution in [3.8, 4) is 0 Å². The van der Waals surface area contributed by atoms with E-state index in [4.69, 9.17) is 0 Å². The molecule has 2 aromatic rings. The summed E-state index contributed by atoms with van der Waals surface area (Å²) < 4.78 is 2.23. The van der Waals surface area contributed by atoms with Gasteiger partial charge in [0.25, 0.3) is 0 Å². The van der Waals surface area contributed by atoms with Gasteiger partial charge in [-0.15, -0.1) is 11.3 Å². The average molecular weight is 208 g/mol. The van der Waals surface area contributed by atoms with Gasteiger partial charge in [0, 0.05) is 17.3 Å². The van der Waals surface area contributed by atoms with E-state index >= 15 is 0 Å². The van der Waals surface area contributed by atoms with Gasteiger partial charge in [0.1, 0.15) is 0 Å². The molecule has 0 fully saturated rings. The number of imidazole rings is 1. The van der Waals surface area contributed by atoms with Crippen molar-refractivity contribution in [3.05, 3.63) is 23.0 Å². The fraction of sp³-hybridized carbons (Fsp3) is 0.545. The van der Waals surface area contributed by atoms with Crippen LogP contribution in [0.1, 0.15) is 50.9 Å². The van der Waals surface area contributed by atoms with Crippen LogP contribution in [0.25, 0.3) is 4.96 Å². The highest BCUT2D eigenvalue weighted by atomic mass is 32.1. The van der Waals surface area contributed by atoms with Gasteiger partial charge >= 0.3 is 0 Å². The van der Waals surface area contributed by atoms with E-state index in [0.29, 0.717) is 11.8 Å². The standard InChI is InChI=1S/C11H16N2S/c1-7(2)9-10(8(3)4)13-5-6-14-11(13)12-9/h5-8H,1-4H3. The third kappa shape index (κ3) is 1.36. The second kappa shape index (κ2) is 3.39. The number of aromatic nitrogens is 2. The minimum absolute atomic E-state index is 0.513. The van der Waals surface area contributed by atoms with Gasteiger partial charge in [0.05, 0.1) is 5.69 Å². The zero-order valence-electron chi connectivity index (χ0n) is 9.11. The van der Waals surface area contributed by atoms with E-state index in [0.717, 1.165) is 4.96 Å². The Balaban J connectivity index is 2.69. The highest BCUT2D eigenvalue weighted by Crippen LogP contribution is 2.28. The van der Waals surface area contributed by atoms with Crippen LogP contribution in [-0.4, -0.2) is 9.38 Å². The lowest BCUT2D eigenvalue weighted by Gasteiger charge is -2.09. The first kappa shape index (κ1) is 9.71. The van der Waals surface area contributed by atoms with Gasteiger partial charge in [0.2, 0.25) is 0 Å². The van der Waals surface area contributed by atoms with Gasteiger partial charge in [0.15, 0.2) is 4.96 Å². The molecule has 2 nitrogen and oxygen atoms in total. The summed E-state index contributed by atoms with van der Waals surface area (Å²) in [5.74, 6) is 1.05. The zero-order valence-corrected chi connectivity index (χ0v) is 9.93. The molecular weight excluding hydrogens is 192 g/mol. The molecule has 76 valence electrons. The molecule has 0 N–H and O–H groups in total. The van der Waals surface area contributed by atoms with E-state index in [1.807, 2.05) is 0 Å². The molecule has 0 saturated carbocycles. The summed E-state index contributed by atoms with van der Waals surface area (Å²) in [7, 11) is 0. The van der Waals surface area contributed by atoms with Crippen molar-refractivity contribution in [2.24, 2.45) is 0 Å². The predicted octanol–water partition coefficient (Wildman–Crippen LogP) is 3.64. The summed E-state index contributed by atoms with van der Waals surface area (Å²) in [5.41, 5.74) is 2.63. The molecule has 0 spiro atoms. The first-order valence-electron chi connectivity index (χ1n) is 5.06. The van der Waals surface area contributed by atoms with Gasteiger partial charge in [-0.1, -0.05) is 27.7 Å². The molecule has 2 heterocycles. The Labute approximate surface area is 88.6 Å². The van der Waals surface area contributed by atoms with Crippen LogP contribution in [0.15, 0.2) is 11.6 Å². The molecule has 0 aliphatic rings. The summed E-state index contributed by atoms with van der Waals surface area (Å²) in [6.07, 6.45) is 2.12. The Morgan fingerprint density at radius 1 is 1.21 bits per heavy atom. The first-order valence-corrected chi connectivity index (χ1v) is 5.94. The minimum atomic E-state index is 0.513. The fourth-order valence-electron chi connectivity index (χ4n) is 1.82. The van der Waals surface area contributed by atoms with E-state index in [1.165, 1.54) is 11.4 Å². The van der Waals surface area contributed by atoms with Gasteiger partial charge in [-0.3, -0.25) is 4.40 Å². The van der Waals surface area contributed by atoms with E-state index in [2.05, 4.69) is 48.7 Å². The summed E-state index contributed by atoms with van der Waals surface area (Å²) >= 11 is 1.71. The maximum atomic E-state index is 4.67. The number of rotatable bonds is 2. The molecule has 0 aliphatic carbocycles. The quantitative estimate of drug-likeness (QED) is 0.736. The summed E-state index contributed by atoms with van der Waals surface area (Å²) in [6.45, 7) is 8.87. The van der Waals surface area contributed by atoms with Crippen molar-refractivity contribution < 1.29 is 0 Å². The zero-order chi connectivity index (χ0) is 10.3. The topological polar surface area (TPSA) is 17.3 Å². The second-order valence-electron chi connectivity index (χ2n) is 4.25. The van der Waals surface area contributed by atoms with Gasteiger partial charge in [-0.05, 0) is 11.8 Å². The lowest BCUT2D eigenvalue weighted by atomic mass is 10.0. The molecule has 0 aliphatic heterocycles. The highest BCUT2D eigenvalue weighted by molar-refractivity contribution is 7.15. The number of fused-ring (bicyclic) bond motifs is 1. The Morgan fingerprint density at radius 3 is 2.50 bits per heavy atom. The first-order chi connectivity index (χ1) is 6.61. The predicted molar refractivity (Wildman–Crippen MR) is 61.2 cm³/mol. The highest BCUT2D eigenvalue weighted by Gasteiger charge is 2.17. The molecular formula is C11H16N2S. The van der Waals surface area contributed by atoms with Crippen molar-refractivity contribution in [3.63, 3.8) is 0 Å². The molecule has 2 rings (SSSR count). The van der Waals surface area contributed by atoms with Crippen LogP contribution >= 0.6 is 11.3 Å². The lowest BCUT2D eigenvalue weighted by Crippen LogP contribution is -1.99. The number of hydrogen-bond donors (Lipinski definition) is 0. The fourth-order valence-corrected chi connectivity index (χ4v) is 2.55. The number of thiazole rings is 1. The van der Waals surface area contributed by atoms with Crippen LogP contribution in [0.4, 0.5) is 0 Å². The molecule has 0 atom stereocenters. The average Bonchev–Trinajstić information content (AvgIpc) is 2.58. The van der Waals surface area contributed by atoms with Gasteiger partial charge < -0.3 is 0 Å². The molecule has 0 saturated heterocycles. The Hall–Kier alpha value is -0.830. The van der Waals surface area contributed by atoms with Crippen molar-refractivity contribution in [2.75, 3.05) is 0 Å². The van der Waals surface area contributed by atoms with Crippen molar-refractivity contribution >= 4 is 16.3 Å². The Morgan fingerprint density at radius 2 is 1.93 bits per heavy atom. The van der Waals surface area contributed by atoms with Crippen molar-refractivity contribution in [1.29, 1.82) is 0 Å². The van der Waals surface area contributed by atoms with Crippen LogP contribution in [-0.2, 0) is 0 Å². The van der Waals surface area contributed by atoms with Crippen LogP contribution in [0.3, 0.4) is 0 Å². The molecule has 2 aromatic heterocycles. The van der Waals surface area contributed by atoms with Crippen LogP contribution in [0, 0.1) is 0 Å². The van der Waals surface area contributed by atoms with E-state index < -0.39 is 0 Å². The third-order valence-corrected chi connectivity index (χ3v) is 3.18. The largest absolute Gasteiger partial charge is 0.294 e. The molecule has 14 heavy (non-hydrogen) atoms. The Kier molecular flexibility index (Phi) is 2.35. The van der Waals surface area contributed by atoms with Crippen molar-refractivity contribution in [1.82, 2.24) is 9.38 Å². The normalized spacial score (nSPS) is 12.1. The number of nitrogens with zero attached hydrogens (tertiary/aromatic N) is 2. The van der Waals surface area contributed by atoms with E-state index in [9.17, 15) is 0 Å². The second-order valence-corrected chi connectivity index (χ2v) is 5.12. The van der Waals surface area contributed by atoms with Crippen LogP contribution < -0.4 is 0 Å². The van der Waals surface area contributed by atoms with Crippen LogP contribution in [0.5, 0.6) is 0 Å². The maximum Gasteiger partial charge on any atom is 0.194 e. The third-order valence-electron chi connectivity index (χ3n) is 2.42. The molecule has 0 bridgehead atoms.